The largest absolute Gasteiger partial charge is 0.489 e. The van der Waals surface area contributed by atoms with Gasteiger partial charge in [0.05, 0.1) is 12.0 Å². The fourth-order valence-corrected chi connectivity index (χ4v) is 4.59. The lowest BCUT2D eigenvalue weighted by molar-refractivity contribution is 0.0595. The van der Waals surface area contributed by atoms with E-state index in [9.17, 15) is 13.2 Å². The summed E-state index contributed by atoms with van der Waals surface area (Å²) in [6.45, 7) is 4.14. The number of carbonyl (C=O) groups excluding carboxylic acids is 1. The highest BCUT2D eigenvalue weighted by Crippen LogP contribution is 2.36. The van der Waals surface area contributed by atoms with Crippen molar-refractivity contribution in [1.29, 1.82) is 0 Å². The van der Waals surface area contributed by atoms with Gasteiger partial charge in [0, 0.05) is 38.2 Å². The van der Waals surface area contributed by atoms with E-state index < -0.39 is 16.0 Å². The molecule has 24 heavy (non-hydrogen) atoms. The maximum absolute atomic E-state index is 13.0. The second-order valence-electron chi connectivity index (χ2n) is 6.29. The Morgan fingerprint density at radius 3 is 2.54 bits per heavy atom. The molecule has 1 aromatic carbocycles. The SMILES string of the molecule is COC(=O)c1cc(S(=O)(=O)N2CCN(C)CC2)cc2c1O[C@H](C)C2. The number of ether oxygens (including phenoxy) is 2. The number of carbonyl (C=O) groups is 1. The molecule has 1 saturated heterocycles. The highest BCUT2D eigenvalue weighted by atomic mass is 32.2. The predicted molar refractivity (Wildman–Crippen MR) is 87.8 cm³/mol. The molecule has 0 aromatic heterocycles. The molecule has 2 aliphatic heterocycles. The molecule has 0 unspecified atom stereocenters. The number of nitrogens with zero attached hydrogens (tertiary/aromatic N) is 2. The second kappa shape index (κ2) is 6.34. The highest BCUT2D eigenvalue weighted by molar-refractivity contribution is 7.89. The van der Waals surface area contributed by atoms with Crippen LogP contribution in [0.2, 0.25) is 0 Å². The molecule has 2 aliphatic rings. The molecule has 1 atom stereocenters. The van der Waals surface area contributed by atoms with Gasteiger partial charge in [-0.05, 0) is 26.1 Å². The molecule has 1 aromatic rings. The summed E-state index contributed by atoms with van der Waals surface area (Å²) in [5.74, 6) is -0.151. The van der Waals surface area contributed by atoms with E-state index in [1.165, 1.54) is 17.5 Å². The second-order valence-corrected chi connectivity index (χ2v) is 8.23. The number of fused-ring (bicyclic) bond motifs is 1. The van der Waals surface area contributed by atoms with E-state index in [1.807, 2.05) is 14.0 Å². The zero-order valence-electron chi connectivity index (χ0n) is 14.1. The van der Waals surface area contributed by atoms with Crippen LogP contribution in [-0.2, 0) is 21.2 Å². The van der Waals surface area contributed by atoms with Crippen LogP contribution in [0.1, 0.15) is 22.8 Å². The highest BCUT2D eigenvalue weighted by Gasteiger charge is 2.33. The quantitative estimate of drug-likeness (QED) is 0.745. The molecule has 3 rings (SSSR count). The summed E-state index contributed by atoms with van der Waals surface area (Å²) in [4.78, 5) is 14.3. The molecule has 7 nitrogen and oxygen atoms in total. The normalized spacial score (nSPS) is 22.0. The van der Waals surface area contributed by atoms with E-state index in [1.54, 1.807) is 6.07 Å². The molecular weight excluding hydrogens is 332 g/mol. The maximum Gasteiger partial charge on any atom is 0.341 e. The Balaban J connectivity index is 2.02. The van der Waals surface area contributed by atoms with Crippen molar-refractivity contribution in [3.63, 3.8) is 0 Å². The molecule has 0 amide bonds. The minimum absolute atomic E-state index is 0.0926. The van der Waals surface area contributed by atoms with Gasteiger partial charge in [0.1, 0.15) is 17.4 Å². The number of methoxy groups -OCH3 is 1. The molecule has 0 aliphatic carbocycles. The van der Waals surface area contributed by atoms with Crippen molar-refractivity contribution >= 4 is 16.0 Å². The number of hydrogen-bond donors (Lipinski definition) is 0. The van der Waals surface area contributed by atoms with E-state index in [0.29, 0.717) is 38.3 Å². The van der Waals surface area contributed by atoms with Crippen molar-refractivity contribution in [2.45, 2.75) is 24.3 Å². The van der Waals surface area contributed by atoms with Gasteiger partial charge in [-0.2, -0.15) is 4.31 Å². The first-order valence-electron chi connectivity index (χ1n) is 7.93. The van der Waals surface area contributed by atoms with Gasteiger partial charge in [-0.15, -0.1) is 0 Å². The van der Waals surface area contributed by atoms with Crippen LogP contribution >= 0.6 is 0 Å². The summed E-state index contributed by atoms with van der Waals surface area (Å²) < 4.78 is 37.8. The Morgan fingerprint density at radius 2 is 1.92 bits per heavy atom. The summed E-state index contributed by atoms with van der Waals surface area (Å²) >= 11 is 0. The van der Waals surface area contributed by atoms with Gasteiger partial charge in [0.15, 0.2) is 0 Å². The fraction of sp³-hybridized carbons (Fsp3) is 0.562. The summed E-state index contributed by atoms with van der Waals surface area (Å²) in [5.41, 5.74) is 0.908. The number of likely N-dealkylation sites (N-methyl/N-ethyl adjacent to an activating group) is 1. The Kier molecular flexibility index (Phi) is 4.54. The number of benzene rings is 1. The first kappa shape index (κ1) is 17.2. The summed E-state index contributed by atoms with van der Waals surface area (Å²) in [7, 11) is -0.407. The predicted octanol–water partition coefficient (Wildman–Crippen LogP) is 0.733. The number of esters is 1. The van der Waals surface area contributed by atoms with Gasteiger partial charge in [-0.25, -0.2) is 13.2 Å². The van der Waals surface area contributed by atoms with Gasteiger partial charge < -0.3 is 14.4 Å². The summed E-state index contributed by atoms with van der Waals surface area (Å²) in [6, 6.07) is 3.00. The minimum Gasteiger partial charge on any atom is -0.489 e. The van der Waals surface area contributed by atoms with Crippen LogP contribution in [0.5, 0.6) is 5.75 Å². The molecule has 8 heteroatoms. The Bertz CT molecular complexity index is 754. The lowest BCUT2D eigenvalue weighted by Crippen LogP contribution is -2.47. The van der Waals surface area contributed by atoms with Gasteiger partial charge >= 0.3 is 5.97 Å². The van der Waals surface area contributed by atoms with Crippen LogP contribution in [0.15, 0.2) is 17.0 Å². The topological polar surface area (TPSA) is 76.2 Å². The zero-order valence-corrected chi connectivity index (χ0v) is 14.9. The van der Waals surface area contributed by atoms with E-state index in [-0.39, 0.29) is 16.6 Å². The third kappa shape index (κ3) is 3.01. The lowest BCUT2D eigenvalue weighted by Gasteiger charge is -2.31. The summed E-state index contributed by atoms with van der Waals surface area (Å²) in [5, 5.41) is 0. The van der Waals surface area contributed by atoms with Crippen LogP contribution in [0.3, 0.4) is 0 Å². The monoisotopic (exact) mass is 354 g/mol. The number of piperazine rings is 1. The average Bonchev–Trinajstić information content (AvgIpc) is 2.93. The first-order valence-corrected chi connectivity index (χ1v) is 9.37. The van der Waals surface area contributed by atoms with Crippen molar-refractivity contribution in [2.24, 2.45) is 0 Å². The standard InChI is InChI=1S/C16H22N2O5S/c1-11-8-12-9-13(10-14(15(12)23-11)16(19)22-3)24(20,21)18-6-4-17(2)5-7-18/h9-11H,4-8H2,1-3H3/t11-/m1/s1. The van der Waals surface area contributed by atoms with Crippen molar-refractivity contribution in [2.75, 3.05) is 40.3 Å². The Morgan fingerprint density at radius 1 is 1.25 bits per heavy atom. The van der Waals surface area contributed by atoms with Crippen LogP contribution in [0.4, 0.5) is 0 Å². The number of hydrogen-bond acceptors (Lipinski definition) is 6. The zero-order chi connectivity index (χ0) is 17.5. The van der Waals surface area contributed by atoms with Gasteiger partial charge in [0.25, 0.3) is 0 Å². The Hall–Kier alpha value is -1.64. The molecular formula is C16H22N2O5S. The van der Waals surface area contributed by atoms with Crippen molar-refractivity contribution in [3.8, 4) is 5.75 Å². The number of sulfonamides is 1. The van der Waals surface area contributed by atoms with Crippen LogP contribution < -0.4 is 4.74 Å². The van der Waals surface area contributed by atoms with Crippen molar-refractivity contribution in [1.82, 2.24) is 9.21 Å². The summed E-state index contributed by atoms with van der Waals surface area (Å²) in [6.07, 6.45) is 0.482. The van der Waals surface area contributed by atoms with Crippen LogP contribution in [-0.4, -0.2) is 70.0 Å². The third-order valence-corrected chi connectivity index (χ3v) is 6.35. The van der Waals surface area contributed by atoms with Gasteiger partial charge in [-0.3, -0.25) is 0 Å². The van der Waals surface area contributed by atoms with Crippen molar-refractivity contribution < 1.29 is 22.7 Å². The van der Waals surface area contributed by atoms with Crippen LogP contribution in [0.25, 0.3) is 0 Å². The van der Waals surface area contributed by atoms with E-state index in [4.69, 9.17) is 9.47 Å². The average molecular weight is 354 g/mol. The van der Waals surface area contributed by atoms with E-state index >= 15 is 0 Å². The van der Waals surface area contributed by atoms with E-state index in [0.717, 1.165) is 5.56 Å². The van der Waals surface area contributed by atoms with Gasteiger partial charge in [-0.1, -0.05) is 0 Å². The molecule has 0 saturated carbocycles. The smallest absolute Gasteiger partial charge is 0.341 e. The van der Waals surface area contributed by atoms with Gasteiger partial charge in [0.2, 0.25) is 10.0 Å². The maximum atomic E-state index is 13.0. The first-order chi connectivity index (χ1) is 11.3. The van der Waals surface area contributed by atoms with E-state index in [2.05, 4.69) is 4.90 Å². The van der Waals surface area contributed by atoms with Crippen LogP contribution in [0, 0.1) is 0 Å². The molecule has 0 spiro atoms. The molecule has 0 N–H and O–H groups in total. The molecule has 132 valence electrons. The third-order valence-electron chi connectivity index (χ3n) is 4.47. The lowest BCUT2D eigenvalue weighted by atomic mass is 10.1. The molecule has 1 fully saturated rings. The molecule has 0 radical (unpaired) electrons. The fourth-order valence-electron chi connectivity index (χ4n) is 3.09. The van der Waals surface area contributed by atoms with Crippen molar-refractivity contribution in [3.05, 3.63) is 23.3 Å². The number of rotatable bonds is 3. The molecule has 0 bridgehead atoms. The Labute approximate surface area is 142 Å². The molecule has 2 heterocycles. The minimum atomic E-state index is -3.65.